The van der Waals surface area contributed by atoms with Crippen molar-refractivity contribution in [3.8, 4) is 11.3 Å². The van der Waals surface area contributed by atoms with Crippen molar-refractivity contribution in [3.05, 3.63) is 65.7 Å². The first kappa shape index (κ1) is 20.1. The smallest absolute Gasteiger partial charge is 0.323 e. The standard InChI is InChI=1S/C22H23ClN6O/c1-28-11-13-29(14-12-28)21-10-9-19(26-27-21)16-5-4-6-17(15-16)24-22(30)25-20-8-3-2-7-18(20)23/h2-10,15H,11-14H2,1H3,(H2,24,25,30). The summed E-state index contributed by atoms with van der Waals surface area (Å²) in [5, 5.41) is 14.8. The van der Waals surface area contributed by atoms with Crippen LogP contribution < -0.4 is 15.5 Å². The number of nitrogens with one attached hydrogen (secondary N) is 2. The SMILES string of the molecule is CN1CCN(c2ccc(-c3cccc(NC(=O)Nc4ccccc4Cl)c3)nn2)CC1. The molecule has 0 saturated carbocycles. The maximum atomic E-state index is 12.3. The summed E-state index contributed by atoms with van der Waals surface area (Å²) in [6.07, 6.45) is 0. The second-order valence-corrected chi connectivity index (χ2v) is 7.61. The van der Waals surface area contributed by atoms with E-state index in [2.05, 4.69) is 37.7 Å². The molecule has 0 atom stereocenters. The molecular formula is C22H23ClN6O. The van der Waals surface area contributed by atoms with Crippen molar-refractivity contribution in [3.63, 3.8) is 0 Å². The Kier molecular flexibility index (Phi) is 6.11. The number of amides is 2. The van der Waals surface area contributed by atoms with Crippen LogP contribution in [0.4, 0.5) is 22.0 Å². The van der Waals surface area contributed by atoms with Crippen LogP contribution in [0.15, 0.2) is 60.7 Å². The number of benzene rings is 2. The summed E-state index contributed by atoms with van der Waals surface area (Å²) in [7, 11) is 2.13. The maximum Gasteiger partial charge on any atom is 0.323 e. The van der Waals surface area contributed by atoms with Crippen molar-refractivity contribution >= 4 is 34.8 Å². The molecule has 1 aliphatic rings. The van der Waals surface area contributed by atoms with Crippen LogP contribution in [0.1, 0.15) is 0 Å². The van der Waals surface area contributed by atoms with E-state index in [1.807, 2.05) is 48.5 Å². The summed E-state index contributed by atoms with van der Waals surface area (Å²) in [5.74, 6) is 0.889. The number of para-hydroxylation sites is 1. The molecule has 3 aromatic rings. The molecular weight excluding hydrogens is 400 g/mol. The Labute approximate surface area is 180 Å². The maximum absolute atomic E-state index is 12.3. The molecule has 2 N–H and O–H groups in total. The quantitative estimate of drug-likeness (QED) is 0.659. The fraction of sp³-hybridized carbons (Fsp3) is 0.227. The molecule has 1 aliphatic heterocycles. The molecule has 1 aromatic heterocycles. The second-order valence-electron chi connectivity index (χ2n) is 7.21. The number of piperazine rings is 1. The van der Waals surface area contributed by atoms with Crippen LogP contribution in [0.5, 0.6) is 0 Å². The lowest BCUT2D eigenvalue weighted by Gasteiger charge is -2.32. The molecule has 2 aromatic carbocycles. The molecule has 2 heterocycles. The highest BCUT2D eigenvalue weighted by atomic mass is 35.5. The normalized spacial score (nSPS) is 14.4. The van der Waals surface area contributed by atoms with Gasteiger partial charge in [0.15, 0.2) is 5.82 Å². The minimum atomic E-state index is -0.364. The first-order valence-corrected chi connectivity index (χ1v) is 10.2. The van der Waals surface area contributed by atoms with E-state index >= 15 is 0 Å². The van der Waals surface area contributed by atoms with E-state index < -0.39 is 0 Å². The van der Waals surface area contributed by atoms with Gasteiger partial charge >= 0.3 is 6.03 Å². The first-order valence-electron chi connectivity index (χ1n) is 9.79. The van der Waals surface area contributed by atoms with Crippen LogP contribution in [-0.2, 0) is 0 Å². The summed E-state index contributed by atoms with van der Waals surface area (Å²) < 4.78 is 0. The van der Waals surface area contributed by atoms with Crippen molar-refractivity contribution in [1.29, 1.82) is 0 Å². The van der Waals surface area contributed by atoms with Crippen LogP contribution in [0, 0.1) is 0 Å². The number of urea groups is 1. The van der Waals surface area contributed by atoms with Gasteiger partial charge in [-0.05, 0) is 43.4 Å². The summed E-state index contributed by atoms with van der Waals surface area (Å²) in [6.45, 7) is 3.94. The lowest BCUT2D eigenvalue weighted by Crippen LogP contribution is -2.44. The van der Waals surface area contributed by atoms with E-state index in [1.54, 1.807) is 12.1 Å². The van der Waals surface area contributed by atoms with Gasteiger partial charge in [-0.25, -0.2) is 4.79 Å². The Hall–Kier alpha value is -3.16. The summed E-state index contributed by atoms with van der Waals surface area (Å²) >= 11 is 6.09. The fourth-order valence-corrected chi connectivity index (χ4v) is 3.47. The van der Waals surface area contributed by atoms with Crippen molar-refractivity contribution in [2.75, 3.05) is 48.8 Å². The van der Waals surface area contributed by atoms with Gasteiger partial charge in [-0.15, -0.1) is 10.2 Å². The number of hydrogen-bond acceptors (Lipinski definition) is 5. The molecule has 4 rings (SSSR count). The summed E-state index contributed by atoms with van der Waals surface area (Å²) in [4.78, 5) is 16.9. The third kappa shape index (κ3) is 4.87. The lowest BCUT2D eigenvalue weighted by molar-refractivity contribution is 0.262. The van der Waals surface area contributed by atoms with Crippen LogP contribution >= 0.6 is 11.6 Å². The summed E-state index contributed by atoms with van der Waals surface area (Å²) in [6, 6.07) is 18.2. The number of aromatic nitrogens is 2. The largest absolute Gasteiger partial charge is 0.353 e. The third-order valence-corrected chi connectivity index (χ3v) is 5.35. The first-order chi connectivity index (χ1) is 14.6. The van der Waals surface area contributed by atoms with Crippen molar-refractivity contribution < 1.29 is 4.79 Å². The second kappa shape index (κ2) is 9.11. The van der Waals surface area contributed by atoms with Crippen molar-refractivity contribution in [2.24, 2.45) is 0 Å². The number of anilines is 3. The highest BCUT2D eigenvalue weighted by molar-refractivity contribution is 6.33. The van der Waals surface area contributed by atoms with E-state index in [1.165, 1.54) is 0 Å². The van der Waals surface area contributed by atoms with Crippen LogP contribution in [0.25, 0.3) is 11.3 Å². The average molecular weight is 423 g/mol. The average Bonchev–Trinajstić information content (AvgIpc) is 2.76. The summed E-state index contributed by atoms with van der Waals surface area (Å²) in [5.41, 5.74) is 2.84. The number of halogens is 1. The monoisotopic (exact) mass is 422 g/mol. The fourth-order valence-electron chi connectivity index (χ4n) is 3.29. The molecule has 0 unspecified atom stereocenters. The Morgan fingerprint density at radius 3 is 2.47 bits per heavy atom. The predicted molar refractivity (Wildman–Crippen MR) is 121 cm³/mol. The molecule has 0 radical (unpaired) electrons. The van der Waals surface area contributed by atoms with E-state index in [0.717, 1.165) is 43.3 Å². The number of carbonyl (C=O) groups excluding carboxylic acids is 1. The molecule has 2 amide bonds. The van der Waals surface area contributed by atoms with Gasteiger partial charge in [0.05, 0.1) is 16.4 Å². The van der Waals surface area contributed by atoms with Crippen LogP contribution in [-0.4, -0.2) is 54.4 Å². The van der Waals surface area contributed by atoms with Gasteiger partial charge in [0.25, 0.3) is 0 Å². The zero-order chi connectivity index (χ0) is 20.9. The highest BCUT2D eigenvalue weighted by Gasteiger charge is 2.16. The molecule has 1 saturated heterocycles. The Bertz CT molecular complexity index is 1020. The zero-order valence-corrected chi connectivity index (χ0v) is 17.4. The van der Waals surface area contributed by atoms with Gasteiger partial charge in [0.1, 0.15) is 0 Å². The third-order valence-electron chi connectivity index (χ3n) is 5.02. The van der Waals surface area contributed by atoms with E-state index in [9.17, 15) is 4.79 Å². The highest BCUT2D eigenvalue weighted by Crippen LogP contribution is 2.24. The Morgan fingerprint density at radius 1 is 0.933 bits per heavy atom. The van der Waals surface area contributed by atoms with Gasteiger partial charge in [0, 0.05) is 37.4 Å². The number of nitrogens with zero attached hydrogens (tertiary/aromatic N) is 4. The topological polar surface area (TPSA) is 73.4 Å². The van der Waals surface area contributed by atoms with Crippen LogP contribution in [0.3, 0.4) is 0 Å². The van der Waals surface area contributed by atoms with E-state index in [-0.39, 0.29) is 6.03 Å². The van der Waals surface area contributed by atoms with Gasteiger partial charge in [-0.3, -0.25) is 0 Å². The Morgan fingerprint density at radius 2 is 1.73 bits per heavy atom. The molecule has 1 fully saturated rings. The van der Waals surface area contributed by atoms with Crippen LogP contribution in [0.2, 0.25) is 5.02 Å². The van der Waals surface area contributed by atoms with Crippen molar-refractivity contribution in [1.82, 2.24) is 15.1 Å². The molecule has 0 spiro atoms. The molecule has 7 nitrogen and oxygen atoms in total. The molecule has 8 heteroatoms. The number of carbonyl (C=O) groups is 1. The van der Waals surface area contributed by atoms with Gasteiger partial charge in [-0.2, -0.15) is 0 Å². The van der Waals surface area contributed by atoms with Gasteiger partial charge in [-0.1, -0.05) is 35.9 Å². The van der Waals surface area contributed by atoms with Crippen molar-refractivity contribution in [2.45, 2.75) is 0 Å². The molecule has 154 valence electrons. The molecule has 30 heavy (non-hydrogen) atoms. The molecule has 0 bridgehead atoms. The minimum Gasteiger partial charge on any atom is -0.353 e. The predicted octanol–water partition coefficient (Wildman–Crippen LogP) is 4.19. The molecule has 0 aliphatic carbocycles. The minimum absolute atomic E-state index is 0.364. The van der Waals surface area contributed by atoms with E-state index in [0.29, 0.717) is 16.4 Å². The number of rotatable bonds is 4. The van der Waals surface area contributed by atoms with Gasteiger partial charge < -0.3 is 20.4 Å². The van der Waals surface area contributed by atoms with Gasteiger partial charge in [0.2, 0.25) is 0 Å². The lowest BCUT2D eigenvalue weighted by atomic mass is 10.1. The number of hydrogen-bond donors (Lipinski definition) is 2. The Balaban J connectivity index is 1.43. The zero-order valence-electron chi connectivity index (χ0n) is 16.7. The van der Waals surface area contributed by atoms with E-state index in [4.69, 9.17) is 11.6 Å². The number of likely N-dealkylation sites (N-methyl/N-ethyl adjacent to an activating group) is 1.